The zero-order valence-corrected chi connectivity index (χ0v) is 15.8. The van der Waals surface area contributed by atoms with Crippen molar-refractivity contribution in [1.29, 1.82) is 0 Å². The molecule has 146 valence electrons. The molecule has 0 radical (unpaired) electrons. The number of ether oxygens (including phenoxy) is 1. The number of aliphatic hydroxyl groups excluding tert-OH is 1. The first kappa shape index (κ1) is 17.7. The fourth-order valence-electron chi connectivity index (χ4n) is 4.51. The van der Waals surface area contributed by atoms with Gasteiger partial charge in [0.15, 0.2) is 0 Å². The fraction of sp³-hybridized carbons (Fsp3) is 0.667. The maximum absolute atomic E-state index is 13.3. The number of alkyl halides is 2. The van der Waals surface area contributed by atoms with E-state index in [1.165, 1.54) is 0 Å². The fourth-order valence-corrected chi connectivity index (χ4v) is 6.01. The summed E-state index contributed by atoms with van der Waals surface area (Å²) in [5.74, 6) is -2.66. The summed E-state index contributed by atoms with van der Waals surface area (Å²) in [6, 6.07) is 1.95. The first-order valence-corrected chi connectivity index (χ1v) is 10.1. The lowest BCUT2D eigenvalue weighted by Crippen LogP contribution is -2.46. The number of fused-ring (bicyclic) bond motifs is 2. The van der Waals surface area contributed by atoms with Crippen molar-refractivity contribution in [2.75, 3.05) is 13.2 Å². The standard InChI is InChI=1S/C18H22F2N4O2S/c1-24-8-13(22-23-24)12-7-17(2-3-21-12)16-11(14(25)9-26-17)4-15(27-16)10-5-18(19,20)6-10/h4,8,10,12,14,21,25H,2-3,5-7,9H2,1H3. The van der Waals surface area contributed by atoms with Crippen molar-refractivity contribution in [1.82, 2.24) is 20.3 Å². The monoisotopic (exact) mass is 396 g/mol. The van der Waals surface area contributed by atoms with Crippen molar-refractivity contribution in [2.24, 2.45) is 7.05 Å². The number of hydrogen-bond donors (Lipinski definition) is 2. The molecular weight excluding hydrogens is 374 g/mol. The van der Waals surface area contributed by atoms with Crippen molar-refractivity contribution >= 4 is 11.3 Å². The molecule has 0 aromatic carbocycles. The smallest absolute Gasteiger partial charge is 0.249 e. The summed E-state index contributed by atoms with van der Waals surface area (Å²) in [7, 11) is 1.83. The van der Waals surface area contributed by atoms with Crippen LogP contribution < -0.4 is 5.32 Å². The van der Waals surface area contributed by atoms with Crippen LogP contribution >= 0.6 is 11.3 Å². The van der Waals surface area contributed by atoms with E-state index in [1.54, 1.807) is 16.0 Å². The number of aliphatic hydroxyl groups is 1. The second kappa shape index (κ2) is 6.04. The number of aryl methyl sites for hydroxylation is 1. The average molecular weight is 396 g/mol. The van der Waals surface area contributed by atoms with Crippen LogP contribution in [0.2, 0.25) is 0 Å². The van der Waals surface area contributed by atoms with E-state index in [9.17, 15) is 13.9 Å². The van der Waals surface area contributed by atoms with Crippen LogP contribution in [0.15, 0.2) is 12.3 Å². The molecule has 1 saturated carbocycles. The number of halogens is 2. The Labute approximate surface area is 159 Å². The molecule has 1 spiro atoms. The second-order valence-corrected chi connectivity index (χ2v) is 9.08. The molecule has 2 aliphatic heterocycles. The number of aromatic nitrogens is 3. The van der Waals surface area contributed by atoms with Gasteiger partial charge >= 0.3 is 0 Å². The van der Waals surface area contributed by atoms with Crippen molar-refractivity contribution < 1.29 is 18.6 Å². The zero-order valence-electron chi connectivity index (χ0n) is 15.0. The SMILES string of the molecule is Cn1cc(C2CC3(CCN2)OCC(O)c2cc(C4CC(F)(F)C4)sc23)nn1. The number of nitrogens with zero attached hydrogens (tertiary/aromatic N) is 3. The van der Waals surface area contributed by atoms with Crippen molar-refractivity contribution in [2.45, 2.75) is 55.3 Å². The molecule has 9 heteroatoms. The normalized spacial score (nSPS) is 33.0. The van der Waals surface area contributed by atoms with Crippen LogP contribution in [0.1, 0.15) is 64.8 Å². The molecule has 4 heterocycles. The highest BCUT2D eigenvalue weighted by Gasteiger charge is 2.50. The lowest BCUT2D eigenvalue weighted by Gasteiger charge is -2.44. The largest absolute Gasteiger partial charge is 0.386 e. The molecule has 1 saturated heterocycles. The highest BCUT2D eigenvalue weighted by Crippen LogP contribution is 2.55. The molecule has 6 nitrogen and oxygen atoms in total. The van der Waals surface area contributed by atoms with E-state index in [1.807, 2.05) is 19.3 Å². The minimum Gasteiger partial charge on any atom is -0.386 e. The van der Waals surface area contributed by atoms with Gasteiger partial charge in [-0.25, -0.2) is 8.78 Å². The minimum atomic E-state index is -2.55. The van der Waals surface area contributed by atoms with Gasteiger partial charge in [-0.2, -0.15) is 0 Å². The van der Waals surface area contributed by atoms with Crippen LogP contribution in [0.5, 0.6) is 0 Å². The highest BCUT2D eigenvalue weighted by molar-refractivity contribution is 7.12. The predicted octanol–water partition coefficient (Wildman–Crippen LogP) is 2.77. The van der Waals surface area contributed by atoms with E-state index in [-0.39, 0.29) is 31.4 Å². The van der Waals surface area contributed by atoms with Gasteiger partial charge in [0.05, 0.1) is 18.3 Å². The molecule has 2 fully saturated rings. The maximum atomic E-state index is 13.3. The summed E-state index contributed by atoms with van der Waals surface area (Å²) in [6.45, 7) is 0.989. The van der Waals surface area contributed by atoms with Gasteiger partial charge in [0.2, 0.25) is 5.92 Å². The first-order chi connectivity index (χ1) is 12.9. The Hall–Kier alpha value is -1.42. The number of nitrogens with one attached hydrogen (secondary N) is 1. The zero-order chi connectivity index (χ0) is 18.8. The summed E-state index contributed by atoms with van der Waals surface area (Å²) < 4.78 is 34.5. The Balaban J connectivity index is 1.47. The number of hydrogen-bond acceptors (Lipinski definition) is 6. The summed E-state index contributed by atoms with van der Waals surface area (Å²) >= 11 is 1.54. The molecule has 2 aromatic heterocycles. The second-order valence-electron chi connectivity index (χ2n) is 7.99. The van der Waals surface area contributed by atoms with Gasteiger partial charge in [0.1, 0.15) is 11.7 Å². The summed E-state index contributed by atoms with van der Waals surface area (Å²) in [6.07, 6.45) is 2.48. The average Bonchev–Trinajstić information content (AvgIpc) is 3.24. The molecule has 0 amide bonds. The Kier molecular flexibility index (Phi) is 3.95. The van der Waals surface area contributed by atoms with E-state index >= 15 is 0 Å². The highest BCUT2D eigenvalue weighted by atomic mass is 32.1. The first-order valence-electron chi connectivity index (χ1n) is 9.29. The number of piperidine rings is 1. The Morgan fingerprint density at radius 3 is 2.89 bits per heavy atom. The quantitative estimate of drug-likeness (QED) is 0.817. The molecule has 3 unspecified atom stereocenters. The summed E-state index contributed by atoms with van der Waals surface area (Å²) in [5, 5.41) is 22.2. The molecule has 2 aromatic rings. The molecule has 2 N–H and O–H groups in total. The lowest BCUT2D eigenvalue weighted by atomic mass is 9.79. The maximum Gasteiger partial charge on any atom is 0.249 e. The van der Waals surface area contributed by atoms with Crippen LogP contribution in [0.25, 0.3) is 0 Å². The van der Waals surface area contributed by atoms with Gasteiger partial charge in [-0.1, -0.05) is 5.21 Å². The molecule has 5 rings (SSSR count). The summed E-state index contributed by atoms with van der Waals surface area (Å²) in [5.41, 5.74) is 1.22. The molecular formula is C18H22F2N4O2S. The van der Waals surface area contributed by atoms with Crippen molar-refractivity contribution in [3.63, 3.8) is 0 Å². The van der Waals surface area contributed by atoms with E-state index in [0.717, 1.165) is 34.0 Å². The number of thiophene rings is 1. The Bertz CT molecular complexity index is 861. The van der Waals surface area contributed by atoms with Crippen molar-refractivity contribution in [3.8, 4) is 0 Å². The predicted molar refractivity (Wildman–Crippen MR) is 94.8 cm³/mol. The Morgan fingerprint density at radius 2 is 2.19 bits per heavy atom. The molecule has 0 bridgehead atoms. The number of rotatable bonds is 2. The third-order valence-corrected chi connectivity index (χ3v) is 7.49. The van der Waals surface area contributed by atoms with Gasteiger partial charge in [-0.15, -0.1) is 16.4 Å². The Morgan fingerprint density at radius 1 is 1.37 bits per heavy atom. The van der Waals surface area contributed by atoms with Gasteiger partial charge in [-0.05, 0) is 24.6 Å². The third-order valence-electron chi connectivity index (χ3n) is 5.99. The van der Waals surface area contributed by atoms with Crippen LogP contribution in [0.3, 0.4) is 0 Å². The minimum absolute atomic E-state index is 0.00845. The van der Waals surface area contributed by atoms with E-state index in [0.29, 0.717) is 6.42 Å². The third kappa shape index (κ3) is 2.91. The van der Waals surface area contributed by atoms with Gasteiger partial charge in [0, 0.05) is 48.2 Å². The van der Waals surface area contributed by atoms with Crippen LogP contribution in [-0.4, -0.2) is 39.2 Å². The van der Waals surface area contributed by atoms with E-state index in [2.05, 4.69) is 15.6 Å². The van der Waals surface area contributed by atoms with Gasteiger partial charge in [0.25, 0.3) is 0 Å². The van der Waals surface area contributed by atoms with Crippen LogP contribution in [0.4, 0.5) is 8.78 Å². The van der Waals surface area contributed by atoms with Crippen LogP contribution in [0, 0.1) is 0 Å². The van der Waals surface area contributed by atoms with E-state index in [4.69, 9.17) is 4.74 Å². The topological polar surface area (TPSA) is 72.2 Å². The van der Waals surface area contributed by atoms with Gasteiger partial charge in [-0.3, -0.25) is 4.68 Å². The van der Waals surface area contributed by atoms with E-state index < -0.39 is 17.6 Å². The molecule has 3 aliphatic rings. The summed E-state index contributed by atoms with van der Waals surface area (Å²) in [4.78, 5) is 1.95. The molecule has 1 aliphatic carbocycles. The van der Waals surface area contributed by atoms with Gasteiger partial charge < -0.3 is 15.2 Å². The lowest BCUT2D eigenvalue weighted by molar-refractivity contribution is -0.123. The molecule has 27 heavy (non-hydrogen) atoms. The molecule has 3 atom stereocenters. The van der Waals surface area contributed by atoms with Crippen molar-refractivity contribution in [3.05, 3.63) is 33.3 Å². The van der Waals surface area contributed by atoms with Crippen LogP contribution in [-0.2, 0) is 17.4 Å².